The van der Waals surface area contributed by atoms with Gasteiger partial charge in [0.1, 0.15) is 0 Å². The van der Waals surface area contributed by atoms with Gasteiger partial charge < -0.3 is 5.73 Å². The smallest absolute Gasteiger partial charge is 0.153 e. The number of allylic oxidation sites excluding steroid dienone is 1. The van der Waals surface area contributed by atoms with Gasteiger partial charge in [0, 0.05) is 6.54 Å². The normalized spacial score (nSPS) is 28.2. The predicted molar refractivity (Wildman–Crippen MR) is 49.6 cm³/mol. The van der Waals surface area contributed by atoms with Crippen molar-refractivity contribution in [2.24, 2.45) is 5.73 Å². The summed E-state index contributed by atoms with van der Waals surface area (Å²) in [6.07, 6.45) is 5.96. The summed E-state index contributed by atoms with van der Waals surface area (Å²) < 4.78 is 22.6. The summed E-state index contributed by atoms with van der Waals surface area (Å²) in [6, 6.07) is 0. The Balaban J connectivity index is 2.48. The lowest BCUT2D eigenvalue weighted by molar-refractivity contribution is 0.589. The fraction of sp³-hybridized carbons (Fsp3) is 0.750. The molecule has 4 heteroatoms. The maximum Gasteiger partial charge on any atom is 0.153 e. The fourth-order valence-corrected chi connectivity index (χ4v) is 3.30. The number of hydrogen-bond donors (Lipinski definition) is 1. The molecule has 1 rings (SSSR count). The van der Waals surface area contributed by atoms with E-state index in [0.717, 1.165) is 12.8 Å². The third kappa shape index (κ3) is 2.32. The van der Waals surface area contributed by atoms with Crippen LogP contribution in [-0.4, -0.2) is 26.0 Å². The second kappa shape index (κ2) is 4.05. The average molecular weight is 189 g/mol. The van der Waals surface area contributed by atoms with Crippen molar-refractivity contribution < 1.29 is 8.42 Å². The van der Waals surface area contributed by atoms with Gasteiger partial charge in [-0.2, -0.15) is 0 Å². The van der Waals surface area contributed by atoms with Gasteiger partial charge in [0.2, 0.25) is 0 Å². The first-order chi connectivity index (χ1) is 5.67. The van der Waals surface area contributed by atoms with Crippen LogP contribution < -0.4 is 5.73 Å². The molecule has 0 aromatic heterocycles. The topological polar surface area (TPSA) is 60.2 Å². The molecule has 1 aliphatic heterocycles. The van der Waals surface area contributed by atoms with E-state index >= 15 is 0 Å². The zero-order valence-corrected chi connectivity index (χ0v) is 7.89. The van der Waals surface area contributed by atoms with Crippen molar-refractivity contribution >= 4 is 9.84 Å². The third-order valence-electron chi connectivity index (χ3n) is 2.16. The Morgan fingerprint density at radius 3 is 2.67 bits per heavy atom. The van der Waals surface area contributed by atoms with Gasteiger partial charge >= 0.3 is 0 Å². The van der Waals surface area contributed by atoms with Crippen LogP contribution in [0.4, 0.5) is 0 Å². The highest BCUT2D eigenvalue weighted by Gasteiger charge is 2.29. The van der Waals surface area contributed by atoms with Crippen LogP contribution in [0.25, 0.3) is 0 Å². The van der Waals surface area contributed by atoms with E-state index in [9.17, 15) is 8.42 Å². The zero-order chi connectivity index (χ0) is 9.03. The van der Waals surface area contributed by atoms with E-state index in [1.54, 1.807) is 0 Å². The predicted octanol–water partition coefficient (Wildman–Crippen LogP) is 0.469. The van der Waals surface area contributed by atoms with Crippen LogP contribution in [0.15, 0.2) is 12.2 Å². The van der Waals surface area contributed by atoms with Crippen molar-refractivity contribution in [2.75, 3.05) is 12.3 Å². The average Bonchev–Trinajstić information content (AvgIpc) is 2.32. The molecule has 0 bridgehead atoms. The summed E-state index contributed by atoms with van der Waals surface area (Å²) in [5, 5.41) is -0.139. The fourth-order valence-electron chi connectivity index (χ4n) is 1.47. The van der Waals surface area contributed by atoms with E-state index < -0.39 is 9.84 Å². The third-order valence-corrected chi connectivity index (χ3v) is 4.47. The summed E-state index contributed by atoms with van der Waals surface area (Å²) in [7, 11) is -2.76. The van der Waals surface area contributed by atoms with Gasteiger partial charge in [-0.1, -0.05) is 12.2 Å². The summed E-state index contributed by atoms with van der Waals surface area (Å²) in [5.74, 6) is 0.369. The maximum absolute atomic E-state index is 11.3. The van der Waals surface area contributed by atoms with Crippen molar-refractivity contribution in [3.8, 4) is 0 Å². The Bertz CT molecular complexity index is 256. The second-order valence-corrected chi connectivity index (χ2v) is 5.47. The van der Waals surface area contributed by atoms with Crippen molar-refractivity contribution in [3.63, 3.8) is 0 Å². The SMILES string of the molecule is NC/C=C\CC1CCCS1(=O)=O. The molecule has 12 heavy (non-hydrogen) atoms. The lowest BCUT2D eigenvalue weighted by atomic mass is 10.2. The van der Waals surface area contributed by atoms with Crippen LogP contribution >= 0.6 is 0 Å². The van der Waals surface area contributed by atoms with Crippen LogP contribution in [0, 0.1) is 0 Å². The summed E-state index contributed by atoms with van der Waals surface area (Å²) in [4.78, 5) is 0. The quantitative estimate of drug-likeness (QED) is 0.656. The van der Waals surface area contributed by atoms with Gasteiger partial charge in [-0.3, -0.25) is 0 Å². The molecule has 1 fully saturated rings. The first-order valence-electron chi connectivity index (χ1n) is 4.23. The molecule has 1 heterocycles. The van der Waals surface area contributed by atoms with Crippen LogP contribution in [0.3, 0.4) is 0 Å². The standard InChI is InChI=1S/C8H15NO2S/c9-6-2-1-4-8-5-3-7-12(8,10)11/h1-2,8H,3-7,9H2/b2-1-. The van der Waals surface area contributed by atoms with Crippen molar-refractivity contribution in [3.05, 3.63) is 12.2 Å². The first-order valence-corrected chi connectivity index (χ1v) is 5.95. The molecule has 0 amide bonds. The molecule has 1 unspecified atom stereocenters. The van der Waals surface area contributed by atoms with Gasteiger partial charge in [0.05, 0.1) is 11.0 Å². The summed E-state index contributed by atoms with van der Waals surface area (Å²) in [5.41, 5.74) is 5.24. The van der Waals surface area contributed by atoms with E-state index in [1.165, 1.54) is 0 Å². The van der Waals surface area contributed by atoms with Gasteiger partial charge in [0.25, 0.3) is 0 Å². The number of sulfone groups is 1. The van der Waals surface area contributed by atoms with Gasteiger partial charge in [-0.15, -0.1) is 0 Å². The van der Waals surface area contributed by atoms with Crippen LogP contribution in [0.1, 0.15) is 19.3 Å². The minimum atomic E-state index is -2.76. The lowest BCUT2D eigenvalue weighted by Crippen LogP contribution is -2.14. The molecule has 1 aliphatic rings. The molecular formula is C8H15NO2S. The molecule has 1 atom stereocenters. The summed E-state index contributed by atoms with van der Waals surface area (Å²) in [6.45, 7) is 0.493. The number of rotatable bonds is 3. The number of hydrogen-bond acceptors (Lipinski definition) is 3. The van der Waals surface area contributed by atoms with Gasteiger partial charge in [0.15, 0.2) is 9.84 Å². The molecule has 0 aliphatic carbocycles. The number of nitrogens with two attached hydrogens (primary N) is 1. The Hall–Kier alpha value is -0.350. The Morgan fingerprint density at radius 2 is 2.17 bits per heavy atom. The lowest BCUT2D eigenvalue weighted by Gasteiger charge is -2.03. The van der Waals surface area contributed by atoms with E-state index in [0.29, 0.717) is 18.7 Å². The Morgan fingerprint density at radius 1 is 1.42 bits per heavy atom. The first kappa shape index (κ1) is 9.74. The molecule has 2 N–H and O–H groups in total. The molecule has 1 saturated heterocycles. The second-order valence-electron chi connectivity index (χ2n) is 3.07. The van der Waals surface area contributed by atoms with E-state index in [-0.39, 0.29) is 5.25 Å². The van der Waals surface area contributed by atoms with Crippen molar-refractivity contribution in [1.82, 2.24) is 0 Å². The summed E-state index contributed by atoms with van der Waals surface area (Å²) >= 11 is 0. The van der Waals surface area contributed by atoms with E-state index in [4.69, 9.17) is 5.73 Å². The molecule has 0 radical (unpaired) electrons. The Labute approximate surface area is 73.6 Å². The highest BCUT2D eigenvalue weighted by Crippen LogP contribution is 2.22. The molecular weight excluding hydrogens is 174 g/mol. The highest BCUT2D eigenvalue weighted by molar-refractivity contribution is 7.92. The van der Waals surface area contributed by atoms with Crippen LogP contribution in [0.5, 0.6) is 0 Å². The molecule has 0 aromatic carbocycles. The van der Waals surface area contributed by atoms with Crippen molar-refractivity contribution in [1.29, 1.82) is 0 Å². The highest BCUT2D eigenvalue weighted by atomic mass is 32.2. The minimum absolute atomic E-state index is 0.139. The van der Waals surface area contributed by atoms with E-state index in [2.05, 4.69) is 0 Å². The molecule has 0 saturated carbocycles. The van der Waals surface area contributed by atoms with Gasteiger partial charge in [-0.05, 0) is 19.3 Å². The van der Waals surface area contributed by atoms with Crippen LogP contribution in [-0.2, 0) is 9.84 Å². The molecule has 70 valence electrons. The minimum Gasteiger partial charge on any atom is -0.327 e. The van der Waals surface area contributed by atoms with Crippen molar-refractivity contribution in [2.45, 2.75) is 24.5 Å². The van der Waals surface area contributed by atoms with E-state index in [1.807, 2.05) is 12.2 Å². The van der Waals surface area contributed by atoms with Crippen LogP contribution in [0.2, 0.25) is 0 Å². The molecule has 0 aromatic rings. The Kier molecular flexibility index (Phi) is 3.29. The largest absolute Gasteiger partial charge is 0.327 e. The monoisotopic (exact) mass is 189 g/mol. The molecule has 3 nitrogen and oxygen atoms in total. The maximum atomic E-state index is 11.3. The zero-order valence-electron chi connectivity index (χ0n) is 7.07. The van der Waals surface area contributed by atoms with Gasteiger partial charge in [-0.25, -0.2) is 8.42 Å². The molecule has 0 spiro atoms.